The fourth-order valence-electron chi connectivity index (χ4n) is 1.72. The lowest BCUT2D eigenvalue weighted by Gasteiger charge is -2.12. The Balaban J connectivity index is 2.38. The van der Waals surface area contributed by atoms with E-state index < -0.39 is 0 Å². The molecule has 0 fully saturated rings. The largest absolute Gasteiger partial charge is 0.495 e. The van der Waals surface area contributed by atoms with Crippen LogP contribution in [0.4, 0.5) is 0 Å². The van der Waals surface area contributed by atoms with Crippen LogP contribution in [0.5, 0.6) is 5.75 Å². The summed E-state index contributed by atoms with van der Waals surface area (Å²) in [7, 11) is 1.58. The van der Waals surface area contributed by atoms with Crippen LogP contribution in [0, 0.1) is 6.92 Å². The number of ether oxygens (including phenoxy) is 1. The average Bonchev–Trinajstić information content (AvgIpc) is 2.75. The molecular weight excluding hydrogens is 238 g/mol. The van der Waals surface area contributed by atoms with Gasteiger partial charge in [-0.3, -0.25) is 0 Å². The second kappa shape index (κ2) is 4.82. The molecule has 0 radical (unpaired) electrons. The highest BCUT2D eigenvalue weighted by Gasteiger charge is 2.16. The van der Waals surface area contributed by atoms with Crippen LogP contribution in [0.3, 0.4) is 0 Å². The second-order valence-corrected chi connectivity index (χ2v) is 4.25. The summed E-state index contributed by atoms with van der Waals surface area (Å²) in [6, 6.07) is 7.05. The first-order valence-electron chi connectivity index (χ1n) is 5.26. The van der Waals surface area contributed by atoms with Crippen LogP contribution in [0.25, 0.3) is 0 Å². The molecule has 2 aromatic rings. The maximum Gasteiger partial charge on any atom is 0.137 e. The molecule has 0 spiro atoms. The summed E-state index contributed by atoms with van der Waals surface area (Å²) in [6.45, 7) is 1.96. The Hall–Kier alpha value is -1.45. The van der Waals surface area contributed by atoms with Crippen molar-refractivity contribution in [3.05, 3.63) is 52.4 Å². The summed E-state index contributed by atoms with van der Waals surface area (Å²) in [5.74, 6) is 1.37. The van der Waals surface area contributed by atoms with Crippen LogP contribution in [0.1, 0.15) is 22.9 Å². The van der Waals surface area contributed by atoms with Gasteiger partial charge in [-0.05, 0) is 36.2 Å². The predicted octanol–water partition coefficient (Wildman–Crippen LogP) is 3.30. The van der Waals surface area contributed by atoms with Crippen molar-refractivity contribution in [2.24, 2.45) is 5.73 Å². The molecule has 2 rings (SSSR count). The SMILES string of the molecule is COc1cc(C(N)c2occc2C)ccc1Cl. The van der Waals surface area contributed by atoms with Crippen LogP contribution in [-0.2, 0) is 0 Å². The fraction of sp³-hybridized carbons (Fsp3) is 0.231. The Bertz CT molecular complexity index is 522. The molecule has 0 saturated carbocycles. The van der Waals surface area contributed by atoms with Gasteiger partial charge in [-0.2, -0.15) is 0 Å². The van der Waals surface area contributed by atoms with E-state index in [1.54, 1.807) is 19.4 Å². The van der Waals surface area contributed by atoms with Gasteiger partial charge in [0.05, 0.1) is 24.4 Å². The van der Waals surface area contributed by atoms with E-state index in [1.165, 1.54) is 0 Å². The summed E-state index contributed by atoms with van der Waals surface area (Å²) < 4.78 is 10.6. The van der Waals surface area contributed by atoms with E-state index in [-0.39, 0.29) is 6.04 Å². The maximum absolute atomic E-state index is 6.14. The van der Waals surface area contributed by atoms with Gasteiger partial charge in [-0.1, -0.05) is 17.7 Å². The van der Waals surface area contributed by atoms with E-state index in [0.29, 0.717) is 10.8 Å². The molecule has 0 saturated heterocycles. The van der Waals surface area contributed by atoms with Crippen LogP contribution in [-0.4, -0.2) is 7.11 Å². The van der Waals surface area contributed by atoms with Gasteiger partial charge in [0.25, 0.3) is 0 Å². The van der Waals surface area contributed by atoms with Gasteiger partial charge in [-0.15, -0.1) is 0 Å². The van der Waals surface area contributed by atoms with Gasteiger partial charge >= 0.3 is 0 Å². The zero-order chi connectivity index (χ0) is 12.4. The normalized spacial score (nSPS) is 12.5. The standard InChI is InChI=1S/C13H14ClNO2/c1-8-5-6-17-13(8)12(15)9-3-4-10(14)11(7-9)16-2/h3-7,12H,15H2,1-2H3. The zero-order valence-corrected chi connectivity index (χ0v) is 10.5. The summed E-state index contributed by atoms with van der Waals surface area (Å²) in [5.41, 5.74) is 8.08. The number of hydrogen-bond donors (Lipinski definition) is 1. The van der Waals surface area contributed by atoms with Gasteiger partial charge in [0.15, 0.2) is 0 Å². The number of hydrogen-bond acceptors (Lipinski definition) is 3. The number of furan rings is 1. The van der Waals surface area contributed by atoms with E-state index in [2.05, 4.69) is 0 Å². The van der Waals surface area contributed by atoms with Crippen molar-refractivity contribution in [2.75, 3.05) is 7.11 Å². The molecule has 0 bridgehead atoms. The molecule has 17 heavy (non-hydrogen) atoms. The summed E-state index contributed by atoms with van der Waals surface area (Å²) >= 11 is 5.97. The molecule has 0 amide bonds. The summed E-state index contributed by atoms with van der Waals surface area (Å²) in [5, 5.41) is 0.569. The monoisotopic (exact) mass is 251 g/mol. The third kappa shape index (κ3) is 2.30. The molecule has 3 nitrogen and oxygen atoms in total. The van der Waals surface area contributed by atoms with Gasteiger partial charge in [0.1, 0.15) is 11.5 Å². The van der Waals surface area contributed by atoms with Gasteiger partial charge in [0.2, 0.25) is 0 Å². The minimum absolute atomic E-state index is 0.309. The molecule has 0 aliphatic rings. The quantitative estimate of drug-likeness (QED) is 0.911. The predicted molar refractivity (Wildman–Crippen MR) is 67.5 cm³/mol. The minimum Gasteiger partial charge on any atom is -0.495 e. The first-order chi connectivity index (χ1) is 8.13. The Kier molecular flexibility index (Phi) is 3.41. The van der Waals surface area contributed by atoms with E-state index in [4.69, 9.17) is 26.5 Å². The lowest BCUT2D eigenvalue weighted by atomic mass is 10.0. The fourth-order valence-corrected chi connectivity index (χ4v) is 1.92. The first-order valence-corrected chi connectivity index (χ1v) is 5.64. The molecule has 1 heterocycles. The third-order valence-electron chi connectivity index (χ3n) is 2.72. The van der Waals surface area contributed by atoms with Crippen molar-refractivity contribution in [3.63, 3.8) is 0 Å². The van der Waals surface area contributed by atoms with Crippen LogP contribution >= 0.6 is 11.6 Å². The molecule has 0 aliphatic carbocycles. The molecular formula is C13H14ClNO2. The van der Waals surface area contributed by atoms with E-state index in [0.717, 1.165) is 16.9 Å². The number of halogens is 1. The Morgan fingerprint density at radius 2 is 2.12 bits per heavy atom. The average molecular weight is 252 g/mol. The molecule has 4 heteroatoms. The first kappa shape index (κ1) is 12.0. The highest BCUT2D eigenvalue weighted by molar-refractivity contribution is 6.32. The maximum atomic E-state index is 6.14. The van der Waals surface area contributed by atoms with E-state index in [1.807, 2.05) is 25.1 Å². The minimum atomic E-state index is -0.309. The number of nitrogens with two attached hydrogens (primary N) is 1. The highest BCUT2D eigenvalue weighted by Crippen LogP contribution is 2.30. The van der Waals surface area contributed by atoms with E-state index in [9.17, 15) is 0 Å². The molecule has 1 aromatic carbocycles. The summed E-state index contributed by atoms with van der Waals surface area (Å²) in [6.07, 6.45) is 1.64. The van der Waals surface area contributed by atoms with Crippen molar-refractivity contribution >= 4 is 11.6 Å². The Morgan fingerprint density at radius 1 is 1.35 bits per heavy atom. The van der Waals surface area contributed by atoms with Crippen molar-refractivity contribution in [3.8, 4) is 5.75 Å². The molecule has 0 aliphatic heterocycles. The highest BCUT2D eigenvalue weighted by atomic mass is 35.5. The topological polar surface area (TPSA) is 48.4 Å². The zero-order valence-electron chi connectivity index (χ0n) is 9.74. The molecule has 90 valence electrons. The third-order valence-corrected chi connectivity index (χ3v) is 3.03. The molecule has 2 N–H and O–H groups in total. The van der Waals surface area contributed by atoms with Crippen molar-refractivity contribution < 1.29 is 9.15 Å². The second-order valence-electron chi connectivity index (χ2n) is 3.84. The van der Waals surface area contributed by atoms with Gasteiger partial charge < -0.3 is 14.9 Å². The lowest BCUT2D eigenvalue weighted by molar-refractivity contribution is 0.413. The van der Waals surface area contributed by atoms with E-state index >= 15 is 0 Å². The number of benzene rings is 1. The van der Waals surface area contributed by atoms with Crippen molar-refractivity contribution in [2.45, 2.75) is 13.0 Å². The Morgan fingerprint density at radius 3 is 2.71 bits per heavy atom. The van der Waals surface area contributed by atoms with Crippen LogP contribution < -0.4 is 10.5 Å². The van der Waals surface area contributed by atoms with Crippen LogP contribution in [0.2, 0.25) is 5.02 Å². The number of rotatable bonds is 3. The van der Waals surface area contributed by atoms with Crippen molar-refractivity contribution in [1.82, 2.24) is 0 Å². The smallest absolute Gasteiger partial charge is 0.137 e. The summed E-state index contributed by atoms with van der Waals surface area (Å²) in [4.78, 5) is 0. The van der Waals surface area contributed by atoms with Gasteiger partial charge in [-0.25, -0.2) is 0 Å². The van der Waals surface area contributed by atoms with Crippen LogP contribution in [0.15, 0.2) is 34.9 Å². The molecule has 1 atom stereocenters. The molecule has 1 unspecified atom stereocenters. The Labute approximate surface area is 105 Å². The molecule has 1 aromatic heterocycles. The number of aryl methyl sites for hydroxylation is 1. The van der Waals surface area contributed by atoms with Gasteiger partial charge in [0, 0.05) is 0 Å². The van der Waals surface area contributed by atoms with Crippen molar-refractivity contribution in [1.29, 1.82) is 0 Å². The lowest BCUT2D eigenvalue weighted by Crippen LogP contribution is -2.12. The number of methoxy groups -OCH3 is 1.